The smallest absolute Gasteiger partial charge is 0.0959 e. The minimum absolute atomic E-state index is 0.502. The number of nitrogens with one attached hydrogen (secondary N) is 1. The quantitative estimate of drug-likeness (QED) is 0.619. The molecule has 1 unspecified atom stereocenters. The summed E-state index contributed by atoms with van der Waals surface area (Å²) in [5, 5.41) is 3.38. The summed E-state index contributed by atoms with van der Waals surface area (Å²) in [6, 6.07) is 0. The maximum absolute atomic E-state index is 3.99. The molecule has 1 aromatic heterocycles. The minimum Gasteiger partial charge on any atom is -0.321 e. The van der Waals surface area contributed by atoms with Crippen molar-refractivity contribution < 1.29 is 0 Å². The van der Waals surface area contributed by atoms with Gasteiger partial charge < -0.3 is 4.57 Å². The summed E-state index contributed by atoms with van der Waals surface area (Å²) in [7, 11) is 0. The topological polar surface area (TPSA) is 29.9 Å². The van der Waals surface area contributed by atoms with Crippen LogP contribution < -0.4 is 5.32 Å². The molecule has 1 aliphatic rings. The monoisotopic (exact) mass is 137 g/mol. The van der Waals surface area contributed by atoms with Crippen LogP contribution in [0.3, 0.4) is 0 Å². The van der Waals surface area contributed by atoms with Crippen LogP contribution >= 0.6 is 0 Å². The highest BCUT2D eigenvalue weighted by Crippen LogP contribution is 2.14. The molecule has 3 heteroatoms. The van der Waals surface area contributed by atoms with Crippen molar-refractivity contribution in [3.63, 3.8) is 0 Å². The van der Waals surface area contributed by atoms with E-state index in [0.29, 0.717) is 6.17 Å². The zero-order valence-electron chi connectivity index (χ0n) is 5.83. The van der Waals surface area contributed by atoms with Crippen molar-refractivity contribution in [3.8, 4) is 0 Å². The lowest BCUT2D eigenvalue weighted by atomic mass is 10.3. The zero-order valence-corrected chi connectivity index (χ0v) is 5.83. The molecule has 54 valence electrons. The fourth-order valence-corrected chi connectivity index (χ4v) is 1.37. The molecule has 10 heavy (non-hydrogen) atoms. The van der Waals surface area contributed by atoms with Gasteiger partial charge in [0.1, 0.15) is 0 Å². The highest BCUT2D eigenvalue weighted by atomic mass is 15.2. The Morgan fingerprint density at radius 2 is 2.60 bits per heavy atom. The highest BCUT2D eigenvalue weighted by molar-refractivity contribution is 4.81. The zero-order chi connectivity index (χ0) is 6.81. The Balaban J connectivity index is 2.12. The predicted octanol–water partition coefficient (Wildman–Crippen LogP) is 0.765. The molecule has 0 amide bonds. The maximum Gasteiger partial charge on any atom is 0.0959 e. The van der Waals surface area contributed by atoms with Crippen LogP contribution in [-0.4, -0.2) is 16.1 Å². The lowest BCUT2D eigenvalue weighted by Gasteiger charge is -2.09. The molecule has 3 nitrogen and oxygen atoms in total. The standard InChI is InChI=1S/C7H11N3/c1-2-7(9-3-1)10-5-4-8-6-10/h4-7,9H,1-3H2. The second-order valence-electron chi connectivity index (χ2n) is 2.62. The number of hydrogen-bond acceptors (Lipinski definition) is 2. The van der Waals surface area contributed by atoms with E-state index in [9.17, 15) is 0 Å². The minimum atomic E-state index is 0.502. The second kappa shape index (κ2) is 2.42. The third-order valence-corrected chi connectivity index (χ3v) is 1.92. The first-order chi connectivity index (χ1) is 4.97. The fourth-order valence-electron chi connectivity index (χ4n) is 1.37. The van der Waals surface area contributed by atoms with Crippen molar-refractivity contribution in [1.82, 2.24) is 14.9 Å². The van der Waals surface area contributed by atoms with Gasteiger partial charge in [-0.15, -0.1) is 0 Å². The first kappa shape index (κ1) is 5.92. The molecule has 2 heterocycles. The molecular weight excluding hydrogens is 126 g/mol. The van der Waals surface area contributed by atoms with E-state index in [-0.39, 0.29) is 0 Å². The van der Waals surface area contributed by atoms with Crippen LogP contribution in [0.25, 0.3) is 0 Å². The van der Waals surface area contributed by atoms with Crippen LogP contribution in [0.2, 0.25) is 0 Å². The van der Waals surface area contributed by atoms with Crippen molar-refractivity contribution in [3.05, 3.63) is 18.7 Å². The number of imidazole rings is 1. The van der Waals surface area contributed by atoms with Gasteiger partial charge in [0.25, 0.3) is 0 Å². The normalized spacial score (nSPS) is 25.4. The van der Waals surface area contributed by atoms with E-state index in [1.165, 1.54) is 12.8 Å². The average Bonchev–Trinajstić information content (AvgIpc) is 2.59. The van der Waals surface area contributed by atoms with E-state index in [1.54, 1.807) is 0 Å². The molecule has 1 atom stereocenters. The van der Waals surface area contributed by atoms with Crippen LogP contribution in [0.15, 0.2) is 18.7 Å². The molecule has 0 aromatic carbocycles. The van der Waals surface area contributed by atoms with Crippen LogP contribution in [0, 0.1) is 0 Å². The van der Waals surface area contributed by atoms with E-state index in [1.807, 2.05) is 18.7 Å². The molecule has 1 aromatic rings. The Morgan fingerprint density at radius 1 is 1.60 bits per heavy atom. The lowest BCUT2D eigenvalue weighted by Crippen LogP contribution is -2.18. The first-order valence-corrected chi connectivity index (χ1v) is 3.67. The summed E-state index contributed by atoms with van der Waals surface area (Å²) in [5.74, 6) is 0. The van der Waals surface area contributed by atoms with Crippen molar-refractivity contribution >= 4 is 0 Å². The predicted molar refractivity (Wildman–Crippen MR) is 38.5 cm³/mol. The molecule has 0 bridgehead atoms. The highest BCUT2D eigenvalue weighted by Gasteiger charge is 2.13. The van der Waals surface area contributed by atoms with Gasteiger partial charge in [0.15, 0.2) is 0 Å². The summed E-state index contributed by atoms with van der Waals surface area (Å²) < 4.78 is 2.12. The molecule has 1 fully saturated rings. The molecule has 0 aliphatic carbocycles. The lowest BCUT2D eigenvalue weighted by molar-refractivity contribution is 0.469. The average molecular weight is 137 g/mol. The molecule has 1 aliphatic heterocycles. The summed E-state index contributed by atoms with van der Waals surface area (Å²) in [5.41, 5.74) is 0. The van der Waals surface area contributed by atoms with E-state index >= 15 is 0 Å². The molecule has 1 N–H and O–H groups in total. The molecular formula is C7H11N3. The first-order valence-electron chi connectivity index (χ1n) is 3.67. The van der Waals surface area contributed by atoms with Gasteiger partial charge in [-0.25, -0.2) is 4.98 Å². The third-order valence-electron chi connectivity index (χ3n) is 1.92. The molecule has 2 rings (SSSR count). The number of aromatic nitrogens is 2. The van der Waals surface area contributed by atoms with Gasteiger partial charge in [-0.05, 0) is 19.4 Å². The van der Waals surface area contributed by atoms with E-state index in [4.69, 9.17) is 0 Å². The van der Waals surface area contributed by atoms with Crippen molar-refractivity contribution in [2.75, 3.05) is 6.54 Å². The summed E-state index contributed by atoms with van der Waals surface area (Å²) in [6.45, 7) is 1.14. The maximum atomic E-state index is 3.99. The van der Waals surface area contributed by atoms with Gasteiger partial charge in [0, 0.05) is 12.4 Å². The van der Waals surface area contributed by atoms with Crippen LogP contribution in [0.5, 0.6) is 0 Å². The second-order valence-corrected chi connectivity index (χ2v) is 2.62. The van der Waals surface area contributed by atoms with Gasteiger partial charge in [-0.1, -0.05) is 0 Å². The SMILES string of the molecule is c1cn(C2CCCN2)cn1. The molecule has 0 spiro atoms. The van der Waals surface area contributed by atoms with E-state index < -0.39 is 0 Å². The number of nitrogens with zero attached hydrogens (tertiary/aromatic N) is 2. The van der Waals surface area contributed by atoms with E-state index in [2.05, 4.69) is 14.9 Å². The van der Waals surface area contributed by atoms with Gasteiger partial charge >= 0.3 is 0 Å². The van der Waals surface area contributed by atoms with Crippen LogP contribution in [-0.2, 0) is 0 Å². The van der Waals surface area contributed by atoms with Gasteiger partial charge in [0.2, 0.25) is 0 Å². The van der Waals surface area contributed by atoms with E-state index in [0.717, 1.165) is 6.54 Å². The van der Waals surface area contributed by atoms with Gasteiger partial charge in [-0.3, -0.25) is 5.32 Å². The molecule has 0 radical (unpaired) electrons. The molecule has 1 saturated heterocycles. The Hall–Kier alpha value is -0.830. The van der Waals surface area contributed by atoms with Crippen molar-refractivity contribution in [2.45, 2.75) is 19.0 Å². The Bertz CT molecular complexity index is 187. The summed E-state index contributed by atoms with van der Waals surface area (Å²) in [6.07, 6.45) is 8.70. The third kappa shape index (κ3) is 0.926. The van der Waals surface area contributed by atoms with Gasteiger partial charge in [0.05, 0.1) is 12.5 Å². The van der Waals surface area contributed by atoms with Gasteiger partial charge in [-0.2, -0.15) is 0 Å². The van der Waals surface area contributed by atoms with Crippen molar-refractivity contribution in [2.24, 2.45) is 0 Å². The summed E-state index contributed by atoms with van der Waals surface area (Å²) >= 11 is 0. The van der Waals surface area contributed by atoms with Crippen LogP contribution in [0.1, 0.15) is 19.0 Å². The number of hydrogen-bond donors (Lipinski definition) is 1. The fraction of sp³-hybridized carbons (Fsp3) is 0.571. The van der Waals surface area contributed by atoms with Crippen molar-refractivity contribution in [1.29, 1.82) is 0 Å². The van der Waals surface area contributed by atoms with Crippen LogP contribution in [0.4, 0.5) is 0 Å². The summed E-state index contributed by atoms with van der Waals surface area (Å²) in [4.78, 5) is 3.99. The largest absolute Gasteiger partial charge is 0.321 e. The number of rotatable bonds is 1. The Labute approximate surface area is 60.1 Å². The molecule has 0 saturated carbocycles. The Kier molecular flexibility index (Phi) is 1.43. The Morgan fingerprint density at radius 3 is 3.20 bits per heavy atom.